The average Bonchev–Trinajstić information content (AvgIpc) is 3.27. The zero-order valence-electron chi connectivity index (χ0n) is 15.0. The van der Waals surface area contributed by atoms with Crippen LogP contribution in [0.3, 0.4) is 0 Å². The van der Waals surface area contributed by atoms with Gasteiger partial charge in [-0.25, -0.2) is 8.42 Å². The molecule has 1 aromatic rings. The molecule has 9 nitrogen and oxygen atoms in total. The number of ether oxygens (including phenoxy) is 2. The van der Waals surface area contributed by atoms with Crippen LogP contribution in [0.4, 0.5) is 5.69 Å². The topological polar surface area (TPSA) is 116 Å². The average molecular weight is 398 g/mol. The minimum atomic E-state index is -3.19. The third-order valence-electron chi connectivity index (χ3n) is 4.96. The Morgan fingerprint density at radius 3 is 2.74 bits per heavy atom. The maximum atomic E-state index is 13.1. The predicted octanol–water partition coefficient (Wildman–Crippen LogP) is 1.41. The van der Waals surface area contributed by atoms with Gasteiger partial charge in [-0.05, 0) is 31.4 Å². The number of carbonyl (C=O) groups excluding carboxylic acids is 1. The van der Waals surface area contributed by atoms with E-state index in [1.165, 1.54) is 30.2 Å². The third-order valence-corrected chi connectivity index (χ3v) is 6.71. The molecule has 0 aromatic heterocycles. The Kier molecular flexibility index (Phi) is 5.66. The molecule has 2 atom stereocenters. The Labute approximate surface area is 157 Å². The number of sulfone groups is 1. The molecule has 2 heterocycles. The van der Waals surface area contributed by atoms with Crippen LogP contribution >= 0.6 is 0 Å². The third kappa shape index (κ3) is 4.38. The molecule has 1 amide bonds. The second-order valence-corrected chi connectivity index (χ2v) is 9.02. The molecule has 0 spiro atoms. The van der Waals surface area contributed by atoms with E-state index in [-0.39, 0.29) is 41.2 Å². The number of amides is 1. The molecule has 27 heavy (non-hydrogen) atoms. The van der Waals surface area contributed by atoms with E-state index in [1.807, 2.05) is 0 Å². The molecule has 0 saturated carbocycles. The summed E-state index contributed by atoms with van der Waals surface area (Å²) in [5.74, 6) is -0.427. The highest BCUT2D eigenvalue weighted by Crippen LogP contribution is 2.29. The number of benzene rings is 1. The van der Waals surface area contributed by atoms with Gasteiger partial charge in [0, 0.05) is 30.8 Å². The van der Waals surface area contributed by atoms with Crippen LogP contribution in [0.15, 0.2) is 18.2 Å². The number of carbonyl (C=O) groups is 1. The van der Waals surface area contributed by atoms with E-state index in [9.17, 15) is 23.3 Å². The smallest absolute Gasteiger partial charge is 0.311 e. The molecule has 0 bridgehead atoms. The van der Waals surface area contributed by atoms with Crippen molar-refractivity contribution < 1.29 is 27.6 Å². The van der Waals surface area contributed by atoms with Crippen molar-refractivity contribution in [1.82, 2.24) is 4.90 Å². The molecular weight excluding hydrogens is 376 g/mol. The fourth-order valence-corrected chi connectivity index (χ4v) is 5.29. The van der Waals surface area contributed by atoms with Crippen molar-refractivity contribution in [2.45, 2.75) is 31.4 Å². The highest BCUT2D eigenvalue weighted by Gasteiger charge is 2.37. The second kappa shape index (κ2) is 7.81. The normalized spacial score (nSPS) is 23.9. The summed E-state index contributed by atoms with van der Waals surface area (Å²) in [6, 6.07) is 3.56. The number of nitrogens with zero attached hydrogens (tertiary/aromatic N) is 2. The second-order valence-electron chi connectivity index (χ2n) is 6.79. The minimum Gasteiger partial charge on any atom is -0.490 e. The van der Waals surface area contributed by atoms with Gasteiger partial charge in [0.15, 0.2) is 15.6 Å². The number of hydrogen-bond donors (Lipinski definition) is 0. The van der Waals surface area contributed by atoms with Crippen LogP contribution in [0.25, 0.3) is 0 Å². The Morgan fingerprint density at radius 2 is 2.19 bits per heavy atom. The molecule has 1 aromatic carbocycles. The fraction of sp³-hybridized carbons (Fsp3) is 0.588. The fourth-order valence-electron chi connectivity index (χ4n) is 3.56. The van der Waals surface area contributed by atoms with Crippen molar-refractivity contribution in [2.24, 2.45) is 0 Å². The van der Waals surface area contributed by atoms with Crippen LogP contribution in [0.1, 0.15) is 29.6 Å². The van der Waals surface area contributed by atoms with E-state index in [0.29, 0.717) is 13.0 Å². The van der Waals surface area contributed by atoms with E-state index >= 15 is 0 Å². The summed E-state index contributed by atoms with van der Waals surface area (Å²) in [7, 11) is -1.87. The zero-order valence-corrected chi connectivity index (χ0v) is 15.8. The van der Waals surface area contributed by atoms with Crippen molar-refractivity contribution >= 4 is 21.4 Å². The Morgan fingerprint density at radius 1 is 1.41 bits per heavy atom. The number of methoxy groups -OCH3 is 1. The summed E-state index contributed by atoms with van der Waals surface area (Å²) in [5.41, 5.74) is -0.177. The Hall–Kier alpha value is -2.20. The van der Waals surface area contributed by atoms with Gasteiger partial charge in [-0.3, -0.25) is 14.9 Å². The molecule has 0 radical (unpaired) electrons. The largest absolute Gasteiger partial charge is 0.490 e. The Balaban J connectivity index is 1.90. The van der Waals surface area contributed by atoms with E-state index in [0.717, 1.165) is 12.8 Å². The first-order valence-corrected chi connectivity index (χ1v) is 10.6. The predicted molar refractivity (Wildman–Crippen MR) is 96.7 cm³/mol. The van der Waals surface area contributed by atoms with Crippen LogP contribution in [0.5, 0.6) is 5.75 Å². The van der Waals surface area contributed by atoms with Gasteiger partial charge in [0.05, 0.1) is 29.6 Å². The summed E-state index contributed by atoms with van der Waals surface area (Å²) in [6.07, 6.45) is 1.90. The molecular formula is C17H22N2O7S. The van der Waals surface area contributed by atoms with Crippen molar-refractivity contribution in [1.29, 1.82) is 0 Å². The quantitative estimate of drug-likeness (QED) is 0.525. The summed E-state index contributed by atoms with van der Waals surface area (Å²) >= 11 is 0. The zero-order chi connectivity index (χ0) is 19.6. The van der Waals surface area contributed by atoms with Crippen LogP contribution in [-0.4, -0.2) is 68.1 Å². The molecule has 2 fully saturated rings. The highest BCUT2D eigenvalue weighted by molar-refractivity contribution is 7.91. The summed E-state index contributed by atoms with van der Waals surface area (Å²) in [5, 5.41) is 11.2. The van der Waals surface area contributed by atoms with Crippen LogP contribution in [-0.2, 0) is 14.6 Å². The van der Waals surface area contributed by atoms with Crippen molar-refractivity contribution in [3.05, 3.63) is 33.9 Å². The number of hydrogen-bond acceptors (Lipinski definition) is 7. The lowest BCUT2D eigenvalue weighted by Gasteiger charge is -2.30. The van der Waals surface area contributed by atoms with E-state index in [1.54, 1.807) is 0 Å². The van der Waals surface area contributed by atoms with Gasteiger partial charge >= 0.3 is 5.69 Å². The maximum Gasteiger partial charge on any atom is 0.311 e. The first kappa shape index (κ1) is 19.6. The van der Waals surface area contributed by atoms with Crippen molar-refractivity contribution in [3.63, 3.8) is 0 Å². The molecule has 0 unspecified atom stereocenters. The Bertz CT molecular complexity index is 834. The van der Waals surface area contributed by atoms with Crippen molar-refractivity contribution in [2.75, 3.05) is 31.8 Å². The molecule has 2 aliphatic heterocycles. The van der Waals surface area contributed by atoms with Gasteiger partial charge in [-0.2, -0.15) is 0 Å². The minimum absolute atomic E-state index is 0.0374. The van der Waals surface area contributed by atoms with Crippen LogP contribution < -0.4 is 4.74 Å². The van der Waals surface area contributed by atoms with Crippen molar-refractivity contribution in [3.8, 4) is 5.75 Å². The molecule has 10 heteroatoms. The monoisotopic (exact) mass is 398 g/mol. The summed E-state index contributed by atoms with van der Waals surface area (Å²) < 4.78 is 34.4. The molecule has 0 N–H and O–H groups in total. The molecule has 0 aliphatic carbocycles. The summed E-state index contributed by atoms with van der Waals surface area (Å²) in [6.45, 7) is 0.891. The van der Waals surface area contributed by atoms with Gasteiger partial charge in [-0.15, -0.1) is 0 Å². The van der Waals surface area contributed by atoms with Crippen LogP contribution in [0, 0.1) is 10.1 Å². The first-order valence-electron chi connectivity index (χ1n) is 8.76. The van der Waals surface area contributed by atoms with Gasteiger partial charge in [0.25, 0.3) is 5.91 Å². The van der Waals surface area contributed by atoms with Gasteiger partial charge in [-0.1, -0.05) is 0 Å². The van der Waals surface area contributed by atoms with Gasteiger partial charge in [0.2, 0.25) is 0 Å². The van der Waals surface area contributed by atoms with Gasteiger partial charge < -0.3 is 14.4 Å². The SMILES string of the molecule is COc1ccc(C(=O)N(C[C@H]2CCCO2)[C@H]2CCS(=O)(=O)C2)cc1[N+](=O)[O-]. The molecule has 2 aliphatic rings. The number of nitro groups is 1. The number of rotatable bonds is 6. The lowest BCUT2D eigenvalue weighted by atomic mass is 10.1. The lowest BCUT2D eigenvalue weighted by molar-refractivity contribution is -0.385. The van der Waals surface area contributed by atoms with E-state index < -0.39 is 26.7 Å². The summed E-state index contributed by atoms with van der Waals surface area (Å²) in [4.78, 5) is 25.3. The molecule has 148 valence electrons. The number of nitro benzene ring substituents is 1. The lowest BCUT2D eigenvalue weighted by Crippen LogP contribution is -2.45. The van der Waals surface area contributed by atoms with E-state index in [4.69, 9.17) is 9.47 Å². The highest BCUT2D eigenvalue weighted by atomic mass is 32.2. The standard InChI is InChI=1S/C17H22N2O7S/c1-25-16-5-4-12(9-15(16)19(21)22)17(20)18(10-14-3-2-7-26-14)13-6-8-27(23,24)11-13/h4-5,9,13-14H,2-3,6-8,10-11H2,1H3/t13-,14+/m0/s1. The van der Waals surface area contributed by atoms with Crippen LogP contribution in [0.2, 0.25) is 0 Å². The first-order chi connectivity index (χ1) is 12.8. The molecule has 2 saturated heterocycles. The van der Waals surface area contributed by atoms with E-state index in [2.05, 4.69) is 0 Å². The van der Waals surface area contributed by atoms with Gasteiger partial charge in [0.1, 0.15) is 0 Å². The maximum absolute atomic E-state index is 13.1. The molecule has 3 rings (SSSR count).